The van der Waals surface area contributed by atoms with Crippen molar-refractivity contribution >= 4 is 11.0 Å². The molecule has 0 aliphatic carbocycles. The number of para-hydroxylation sites is 2. The highest BCUT2D eigenvalue weighted by molar-refractivity contribution is 5.75. The SMILES string of the molecule is Cc1ccccc1C(OCC(O)Cn1c(=O)n(C)c2ccccc21)c1ccccc1. The topological polar surface area (TPSA) is 56.4 Å². The van der Waals surface area contributed by atoms with E-state index >= 15 is 0 Å². The molecule has 5 heteroatoms. The Hall–Kier alpha value is -3.15. The van der Waals surface area contributed by atoms with Gasteiger partial charge >= 0.3 is 5.69 Å². The van der Waals surface area contributed by atoms with Crippen molar-refractivity contribution in [2.75, 3.05) is 6.61 Å². The molecule has 154 valence electrons. The highest BCUT2D eigenvalue weighted by Gasteiger charge is 2.20. The van der Waals surface area contributed by atoms with Gasteiger partial charge in [0, 0.05) is 7.05 Å². The number of aliphatic hydroxyl groups is 1. The Bertz CT molecular complexity index is 1190. The van der Waals surface area contributed by atoms with E-state index < -0.39 is 6.10 Å². The van der Waals surface area contributed by atoms with Gasteiger partial charge in [0.05, 0.1) is 30.3 Å². The Balaban J connectivity index is 1.56. The largest absolute Gasteiger partial charge is 0.389 e. The van der Waals surface area contributed by atoms with E-state index in [9.17, 15) is 9.90 Å². The first-order chi connectivity index (χ1) is 14.6. The first-order valence-corrected chi connectivity index (χ1v) is 10.1. The Labute approximate surface area is 175 Å². The summed E-state index contributed by atoms with van der Waals surface area (Å²) < 4.78 is 9.42. The van der Waals surface area contributed by atoms with Crippen LogP contribution < -0.4 is 5.69 Å². The van der Waals surface area contributed by atoms with E-state index in [-0.39, 0.29) is 24.9 Å². The van der Waals surface area contributed by atoms with Gasteiger partial charge in [-0.15, -0.1) is 0 Å². The predicted octanol–water partition coefficient (Wildman–Crippen LogP) is 3.82. The number of hydrogen-bond donors (Lipinski definition) is 1. The smallest absolute Gasteiger partial charge is 0.328 e. The number of imidazole rings is 1. The maximum Gasteiger partial charge on any atom is 0.328 e. The van der Waals surface area contributed by atoms with E-state index in [1.807, 2.05) is 66.7 Å². The van der Waals surface area contributed by atoms with Crippen molar-refractivity contribution in [3.05, 3.63) is 106 Å². The molecule has 2 unspecified atom stereocenters. The Kier molecular flexibility index (Phi) is 5.84. The van der Waals surface area contributed by atoms with Crippen LogP contribution in [0.15, 0.2) is 83.7 Å². The minimum absolute atomic E-state index is 0.115. The monoisotopic (exact) mass is 402 g/mol. The first kappa shape index (κ1) is 20.1. The van der Waals surface area contributed by atoms with Crippen LogP contribution in [0.3, 0.4) is 0 Å². The van der Waals surface area contributed by atoms with E-state index in [2.05, 4.69) is 19.1 Å². The molecule has 5 nitrogen and oxygen atoms in total. The van der Waals surface area contributed by atoms with Gasteiger partial charge in [0.25, 0.3) is 0 Å². The van der Waals surface area contributed by atoms with Gasteiger partial charge in [0.1, 0.15) is 6.10 Å². The summed E-state index contributed by atoms with van der Waals surface area (Å²) in [5.74, 6) is 0. The molecule has 1 heterocycles. The maximum absolute atomic E-state index is 12.6. The van der Waals surface area contributed by atoms with Gasteiger partial charge in [-0.3, -0.25) is 9.13 Å². The summed E-state index contributed by atoms with van der Waals surface area (Å²) in [7, 11) is 1.74. The summed E-state index contributed by atoms with van der Waals surface area (Å²) in [4.78, 5) is 12.6. The van der Waals surface area contributed by atoms with Crippen LogP contribution in [0.4, 0.5) is 0 Å². The standard InChI is InChI=1S/C25H26N2O3/c1-18-10-6-7-13-21(18)24(19-11-4-3-5-12-19)30-17-20(28)16-27-23-15-9-8-14-22(23)26(2)25(27)29/h3-15,20,24,28H,16-17H2,1-2H3. The molecule has 4 rings (SSSR count). The van der Waals surface area contributed by atoms with Crippen LogP contribution >= 0.6 is 0 Å². The molecule has 0 spiro atoms. The lowest BCUT2D eigenvalue weighted by atomic mass is 9.97. The fourth-order valence-corrected chi connectivity index (χ4v) is 3.88. The zero-order chi connectivity index (χ0) is 21.1. The van der Waals surface area contributed by atoms with Crippen LogP contribution in [0.1, 0.15) is 22.8 Å². The van der Waals surface area contributed by atoms with E-state index in [0.29, 0.717) is 0 Å². The lowest BCUT2D eigenvalue weighted by Gasteiger charge is -2.22. The third-order valence-corrected chi connectivity index (χ3v) is 5.47. The van der Waals surface area contributed by atoms with Gasteiger partial charge in [-0.2, -0.15) is 0 Å². The van der Waals surface area contributed by atoms with Crippen LogP contribution in [-0.4, -0.2) is 27.0 Å². The lowest BCUT2D eigenvalue weighted by Crippen LogP contribution is -2.30. The number of hydrogen-bond acceptors (Lipinski definition) is 3. The molecular formula is C25H26N2O3. The second-order valence-electron chi connectivity index (χ2n) is 7.58. The second-order valence-corrected chi connectivity index (χ2v) is 7.58. The van der Waals surface area contributed by atoms with Crippen molar-refractivity contribution in [3.8, 4) is 0 Å². The summed E-state index contributed by atoms with van der Waals surface area (Å²) in [6.45, 7) is 2.35. The number of aryl methyl sites for hydroxylation is 2. The van der Waals surface area contributed by atoms with Crippen molar-refractivity contribution in [1.82, 2.24) is 9.13 Å². The van der Waals surface area contributed by atoms with Crippen LogP contribution in [0.25, 0.3) is 11.0 Å². The summed E-state index contributed by atoms with van der Waals surface area (Å²) in [6.07, 6.45) is -1.10. The lowest BCUT2D eigenvalue weighted by molar-refractivity contribution is -0.000729. The van der Waals surface area contributed by atoms with Gasteiger partial charge in [-0.05, 0) is 35.7 Å². The molecule has 2 atom stereocenters. The van der Waals surface area contributed by atoms with Gasteiger partial charge in [-0.25, -0.2) is 4.79 Å². The fraction of sp³-hybridized carbons (Fsp3) is 0.240. The van der Waals surface area contributed by atoms with E-state index in [1.165, 1.54) is 0 Å². The van der Waals surface area contributed by atoms with Crippen molar-refractivity contribution in [2.45, 2.75) is 25.7 Å². The molecule has 1 N–H and O–H groups in total. The van der Waals surface area contributed by atoms with Crippen LogP contribution in [0.2, 0.25) is 0 Å². The molecule has 1 aromatic heterocycles. The van der Waals surface area contributed by atoms with Gasteiger partial charge in [0.2, 0.25) is 0 Å². The van der Waals surface area contributed by atoms with Crippen molar-refractivity contribution in [3.63, 3.8) is 0 Å². The summed E-state index contributed by atoms with van der Waals surface area (Å²) in [6, 6.07) is 25.7. The highest BCUT2D eigenvalue weighted by Crippen LogP contribution is 2.28. The Morgan fingerprint density at radius 2 is 1.53 bits per heavy atom. The number of ether oxygens (including phenoxy) is 1. The van der Waals surface area contributed by atoms with Crippen LogP contribution in [0.5, 0.6) is 0 Å². The van der Waals surface area contributed by atoms with Crippen molar-refractivity contribution in [2.24, 2.45) is 7.05 Å². The maximum atomic E-state index is 12.6. The minimum atomic E-state index is -0.816. The van der Waals surface area contributed by atoms with Crippen LogP contribution in [0, 0.1) is 6.92 Å². The molecule has 0 fully saturated rings. The predicted molar refractivity (Wildman–Crippen MR) is 119 cm³/mol. The first-order valence-electron chi connectivity index (χ1n) is 10.1. The average Bonchev–Trinajstić information content (AvgIpc) is 3.01. The Morgan fingerprint density at radius 3 is 2.27 bits per heavy atom. The number of fused-ring (bicyclic) bond motifs is 1. The van der Waals surface area contributed by atoms with E-state index in [1.54, 1.807) is 16.2 Å². The second kappa shape index (κ2) is 8.69. The highest BCUT2D eigenvalue weighted by atomic mass is 16.5. The molecule has 0 saturated carbocycles. The zero-order valence-corrected chi connectivity index (χ0v) is 17.2. The van der Waals surface area contributed by atoms with E-state index in [0.717, 1.165) is 27.7 Å². The summed E-state index contributed by atoms with van der Waals surface area (Å²) in [5.41, 5.74) is 4.74. The van der Waals surface area contributed by atoms with Gasteiger partial charge in [-0.1, -0.05) is 66.7 Å². The summed E-state index contributed by atoms with van der Waals surface area (Å²) >= 11 is 0. The van der Waals surface area contributed by atoms with Crippen molar-refractivity contribution in [1.29, 1.82) is 0 Å². The number of rotatable bonds is 7. The molecule has 0 radical (unpaired) electrons. The molecule has 0 aliphatic heterocycles. The molecule has 0 amide bonds. The molecule has 0 bridgehead atoms. The molecule has 4 aromatic rings. The molecule has 3 aromatic carbocycles. The zero-order valence-electron chi connectivity index (χ0n) is 17.2. The van der Waals surface area contributed by atoms with E-state index in [4.69, 9.17) is 4.74 Å². The summed E-state index contributed by atoms with van der Waals surface area (Å²) in [5, 5.41) is 10.7. The third kappa shape index (κ3) is 3.95. The number of benzene rings is 3. The molecule has 0 saturated heterocycles. The number of aromatic nitrogens is 2. The fourth-order valence-electron chi connectivity index (χ4n) is 3.88. The Morgan fingerprint density at radius 1 is 0.900 bits per heavy atom. The van der Waals surface area contributed by atoms with Crippen molar-refractivity contribution < 1.29 is 9.84 Å². The number of aliphatic hydroxyl groups excluding tert-OH is 1. The average molecular weight is 402 g/mol. The molecule has 0 aliphatic rings. The van der Waals surface area contributed by atoms with Gasteiger partial charge < -0.3 is 9.84 Å². The number of nitrogens with zero attached hydrogens (tertiary/aromatic N) is 2. The normalized spacial score (nSPS) is 13.4. The minimum Gasteiger partial charge on any atom is -0.389 e. The third-order valence-electron chi connectivity index (χ3n) is 5.47. The molecular weight excluding hydrogens is 376 g/mol. The molecule has 30 heavy (non-hydrogen) atoms. The quantitative estimate of drug-likeness (QED) is 0.511. The van der Waals surface area contributed by atoms with Gasteiger partial charge in [0.15, 0.2) is 0 Å². The van der Waals surface area contributed by atoms with Crippen LogP contribution in [-0.2, 0) is 18.3 Å².